The smallest absolute Gasteiger partial charge is 0.178 e. The lowest BCUT2D eigenvalue weighted by atomic mass is 10.0. The van der Waals surface area contributed by atoms with Gasteiger partial charge in [-0.3, -0.25) is 9.48 Å². The molecule has 0 amide bonds. The number of ketones is 1. The Morgan fingerprint density at radius 3 is 2.53 bits per heavy atom. The van der Waals surface area contributed by atoms with Crippen LogP contribution in [0.15, 0.2) is 24.4 Å². The van der Waals surface area contributed by atoms with Crippen molar-refractivity contribution in [1.82, 2.24) is 9.78 Å². The van der Waals surface area contributed by atoms with E-state index in [9.17, 15) is 4.79 Å². The first-order chi connectivity index (χ1) is 9.10. The molecular weight excluding hydrogens is 244 g/mol. The Hall–Kier alpha value is -2.30. The van der Waals surface area contributed by atoms with Crippen molar-refractivity contribution in [3.05, 3.63) is 30.1 Å². The Morgan fingerprint density at radius 1 is 1.21 bits per heavy atom. The number of nitrogens with zero attached hydrogens (tertiary/aromatic N) is 2. The van der Waals surface area contributed by atoms with Crippen LogP contribution in [0.25, 0.3) is 11.1 Å². The quantitative estimate of drug-likeness (QED) is 0.791. The highest BCUT2D eigenvalue weighted by atomic mass is 16.5. The first-order valence-electron chi connectivity index (χ1n) is 5.84. The average molecular weight is 260 g/mol. The van der Waals surface area contributed by atoms with E-state index >= 15 is 0 Å². The zero-order valence-electron chi connectivity index (χ0n) is 11.4. The number of methoxy groups -OCH3 is 2. The fourth-order valence-electron chi connectivity index (χ4n) is 2.15. The van der Waals surface area contributed by atoms with Crippen molar-refractivity contribution < 1.29 is 14.3 Å². The zero-order valence-corrected chi connectivity index (χ0v) is 11.4. The lowest BCUT2D eigenvalue weighted by Crippen LogP contribution is -2.04. The number of hydrogen-bond donors (Lipinski definition) is 0. The van der Waals surface area contributed by atoms with Crippen LogP contribution in [-0.4, -0.2) is 29.8 Å². The van der Waals surface area contributed by atoms with Crippen LogP contribution in [0.3, 0.4) is 0 Å². The maximum absolute atomic E-state index is 11.7. The summed E-state index contributed by atoms with van der Waals surface area (Å²) in [5, 5.41) is 4.14. The van der Waals surface area contributed by atoms with Crippen molar-refractivity contribution in [1.29, 1.82) is 0 Å². The van der Waals surface area contributed by atoms with Crippen molar-refractivity contribution in [2.24, 2.45) is 7.05 Å². The van der Waals surface area contributed by atoms with Crippen LogP contribution in [0, 0.1) is 0 Å². The highest BCUT2D eigenvalue weighted by Gasteiger charge is 2.19. The van der Waals surface area contributed by atoms with Crippen molar-refractivity contribution >= 4 is 5.78 Å². The number of benzene rings is 1. The SMILES string of the molecule is COc1cccc(-c2cnn(C)c2C(C)=O)c1OC. The lowest BCUT2D eigenvalue weighted by Gasteiger charge is -2.12. The molecular formula is C14H16N2O3. The van der Waals surface area contributed by atoms with E-state index in [1.54, 1.807) is 32.1 Å². The highest BCUT2D eigenvalue weighted by molar-refractivity contribution is 6.00. The summed E-state index contributed by atoms with van der Waals surface area (Å²) in [5.41, 5.74) is 2.08. The highest BCUT2D eigenvalue weighted by Crippen LogP contribution is 2.39. The van der Waals surface area contributed by atoms with Crippen LogP contribution in [0.5, 0.6) is 11.5 Å². The van der Waals surface area contributed by atoms with Gasteiger partial charge < -0.3 is 9.47 Å². The topological polar surface area (TPSA) is 53.4 Å². The predicted molar refractivity (Wildman–Crippen MR) is 71.8 cm³/mol. The molecule has 0 aliphatic rings. The molecule has 0 aliphatic carbocycles. The van der Waals surface area contributed by atoms with Gasteiger partial charge in [0, 0.05) is 25.1 Å². The van der Waals surface area contributed by atoms with Gasteiger partial charge in [-0.25, -0.2) is 0 Å². The van der Waals surface area contributed by atoms with Gasteiger partial charge in [0.1, 0.15) is 5.69 Å². The maximum atomic E-state index is 11.7. The molecule has 1 heterocycles. The minimum atomic E-state index is -0.0418. The monoisotopic (exact) mass is 260 g/mol. The van der Waals surface area contributed by atoms with Crippen LogP contribution in [0.2, 0.25) is 0 Å². The number of rotatable bonds is 4. The third kappa shape index (κ3) is 2.19. The minimum Gasteiger partial charge on any atom is -0.493 e. The number of aromatic nitrogens is 2. The number of Topliss-reactive ketones (excluding diaryl/α,β-unsaturated/α-hetero) is 1. The van der Waals surface area contributed by atoms with E-state index in [1.807, 2.05) is 18.2 Å². The lowest BCUT2D eigenvalue weighted by molar-refractivity contribution is 0.100. The number of carbonyl (C=O) groups excluding carboxylic acids is 1. The van der Waals surface area contributed by atoms with Gasteiger partial charge in [0.25, 0.3) is 0 Å². The molecule has 1 aromatic carbocycles. The molecule has 0 N–H and O–H groups in total. The molecule has 0 fully saturated rings. The van der Waals surface area contributed by atoms with E-state index in [2.05, 4.69) is 5.10 Å². The zero-order chi connectivity index (χ0) is 14.0. The number of aryl methyl sites for hydroxylation is 1. The Balaban J connectivity index is 2.69. The minimum absolute atomic E-state index is 0.0418. The van der Waals surface area contributed by atoms with E-state index < -0.39 is 0 Å². The normalized spacial score (nSPS) is 10.3. The van der Waals surface area contributed by atoms with Crippen molar-refractivity contribution in [2.75, 3.05) is 14.2 Å². The summed E-state index contributed by atoms with van der Waals surface area (Å²) >= 11 is 0. The van der Waals surface area contributed by atoms with Crippen molar-refractivity contribution in [2.45, 2.75) is 6.92 Å². The molecule has 0 atom stereocenters. The molecule has 19 heavy (non-hydrogen) atoms. The van der Waals surface area contributed by atoms with Gasteiger partial charge in [0.15, 0.2) is 17.3 Å². The summed E-state index contributed by atoms with van der Waals surface area (Å²) < 4.78 is 12.2. The average Bonchev–Trinajstić information content (AvgIpc) is 2.79. The third-order valence-corrected chi connectivity index (χ3v) is 2.97. The first kappa shape index (κ1) is 13.1. The van der Waals surface area contributed by atoms with Crippen LogP contribution < -0.4 is 9.47 Å². The molecule has 100 valence electrons. The van der Waals surface area contributed by atoms with Crippen LogP contribution in [0.4, 0.5) is 0 Å². The van der Waals surface area contributed by atoms with Crippen molar-refractivity contribution in [3.8, 4) is 22.6 Å². The second-order valence-corrected chi connectivity index (χ2v) is 4.13. The standard InChI is InChI=1S/C14H16N2O3/c1-9(17)13-11(8-15-16(13)2)10-6-5-7-12(18-3)14(10)19-4/h5-8H,1-4H3. The summed E-state index contributed by atoms with van der Waals surface area (Å²) in [6.45, 7) is 1.52. The summed E-state index contributed by atoms with van der Waals surface area (Å²) in [7, 11) is 4.90. The molecule has 0 saturated heterocycles. The summed E-state index contributed by atoms with van der Waals surface area (Å²) in [6, 6.07) is 5.55. The second kappa shape index (κ2) is 5.14. The van der Waals surface area contributed by atoms with Crippen LogP contribution in [0.1, 0.15) is 17.4 Å². The molecule has 0 radical (unpaired) electrons. The maximum Gasteiger partial charge on any atom is 0.178 e. The van der Waals surface area contributed by atoms with E-state index in [4.69, 9.17) is 9.47 Å². The van der Waals surface area contributed by atoms with Gasteiger partial charge in [0.2, 0.25) is 0 Å². The van der Waals surface area contributed by atoms with Crippen molar-refractivity contribution in [3.63, 3.8) is 0 Å². The van der Waals surface area contributed by atoms with Crippen LogP contribution in [-0.2, 0) is 7.05 Å². The molecule has 2 rings (SSSR count). The Morgan fingerprint density at radius 2 is 1.95 bits per heavy atom. The van der Waals surface area contributed by atoms with E-state index in [0.717, 1.165) is 11.1 Å². The molecule has 0 unspecified atom stereocenters. The van der Waals surface area contributed by atoms with Gasteiger partial charge in [-0.1, -0.05) is 12.1 Å². The van der Waals surface area contributed by atoms with Crippen LogP contribution >= 0.6 is 0 Å². The summed E-state index contributed by atoms with van der Waals surface area (Å²) in [6.07, 6.45) is 1.66. The molecule has 5 heteroatoms. The number of hydrogen-bond acceptors (Lipinski definition) is 4. The number of para-hydroxylation sites is 1. The summed E-state index contributed by atoms with van der Waals surface area (Å²) in [4.78, 5) is 11.7. The Kier molecular flexibility index (Phi) is 3.55. The second-order valence-electron chi connectivity index (χ2n) is 4.13. The number of carbonyl (C=O) groups is 1. The molecule has 0 aliphatic heterocycles. The Labute approximate surface area is 111 Å². The van der Waals surface area contributed by atoms with E-state index in [0.29, 0.717) is 17.2 Å². The van der Waals surface area contributed by atoms with E-state index in [-0.39, 0.29) is 5.78 Å². The van der Waals surface area contributed by atoms with E-state index in [1.165, 1.54) is 6.92 Å². The molecule has 5 nitrogen and oxygen atoms in total. The largest absolute Gasteiger partial charge is 0.493 e. The number of ether oxygens (including phenoxy) is 2. The van der Waals surface area contributed by atoms with Gasteiger partial charge in [0.05, 0.1) is 20.4 Å². The van der Waals surface area contributed by atoms with Gasteiger partial charge >= 0.3 is 0 Å². The summed E-state index contributed by atoms with van der Waals surface area (Å²) in [5.74, 6) is 1.18. The molecule has 0 bridgehead atoms. The van der Waals surface area contributed by atoms with Gasteiger partial charge in [-0.2, -0.15) is 5.10 Å². The Bertz CT molecular complexity index is 617. The molecule has 1 aromatic heterocycles. The van der Waals surface area contributed by atoms with Gasteiger partial charge in [-0.05, 0) is 6.07 Å². The molecule has 0 saturated carbocycles. The fourth-order valence-corrected chi connectivity index (χ4v) is 2.15. The fraction of sp³-hybridized carbons (Fsp3) is 0.286. The molecule has 0 spiro atoms. The predicted octanol–water partition coefficient (Wildman–Crippen LogP) is 2.31. The first-order valence-corrected chi connectivity index (χ1v) is 5.84. The van der Waals surface area contributed by atoms with Gasteiger partial charge in [-0.15, -0.1) is 0 Å². The molecule has 2 aromatic rings. The third-order valence-electron chi connectivity index (χ3n) is 2.97.